The average Bonchev–Trinajstić information content (AvgIpc) is 3.43. The van der Waals surface area contributed by atoms with Crippen molar-refractivity contribution in [3.63, 3.8) is 0 Å². The van der Waals surface area contributed by atoms with E-state index < -0.39 is 0 Å². The molecule has 1 aliphatic heterocycles. The average molecular weight is 513 g/mol. The third-order valence-electron chi connectivity index (χ3n) is 6.61. The minimum Gasteiger partial charge on any atom is -0.497 e. The first-order chi connectivity index (χ1) is 18.6. The van der Waals surface area contributed by atoms with Gasteiger partial charge in [-0.15, -0.1) is 0 Å². The van der Waals surface area contributed by atoms with E-state index in [0.29, 0.717) is 17.2 Å². The van der Waals surface area contributed by atoms with Gasteiger partial charge in [-0.2, -0.15) is 0 Å². The predicted octanol–water partition coefficient (Wildman–Crippen LogP) is 6.80. The highest BCUT2D eigenvalue weighted by molar-refractivity contribution is 5.55. The number of methoxy groups -OCH3 is 3. The zero-order valence-electron chi connectivity index (χ0n) is 22.0. The van der Waals surface area contributed by atoms with Gasteiger partial charge in [0.05, 0.1) is 21.3 Å². The van der Waals surface area contributed by atoms with Gasteiger partial charge in [0.2, 0.25) is 12.5 Å². The number of fused-ring (bicyclic) bond motifs is 1. The fraction of sp³-hybridized carbons (Fsp3) is 0.250. The van der Waals surface area contributed by atoms with Crippen LogP contribution in [0.4, 0.5) is 0 Å². The zero-order valence-corrected chi connectivity index (χ0v) is 22.0. The molecule has 0 N–H and O–H groups in total. The molecule has 0 saturated carbocycles. The lowest BCUT2D eigenvalue weighted by Crippen LogP contribution is -1.99. The second-order valence-electron chi connectivity index (χ2n) is 9.12. The molecular weight excluding hydrogens is 480 g/mol. The van der Waals surface area contributed by atoms with Crippen LogP contribution in [0.2, 0.25) is 0 Å². The Morgan fingerprint density at radius 3 is 1.89 bits per heavy atom. The van der Waals surface area contributed by atoms with Crippen molar-refractivity contribution in [2.75, 3.05) is 28.1 Å². The van der Waals surface area contributed by atoms with Crippen LogP contribution in [-0.4, -0.2) is 28.1 Å². The van der Waals surface area contributed by atoms with Crippen molar-refractivity contribution in [1.82, 2.24) is 0 Å². The fourth-order valence-corrected chi connectivity index (χ4v) is 4.60. The van der Waals surface area contributed by atoms with Gasteiger partial charge in [-0.05, 0) is 96.5 Å². The van der Waals surface area contributed by atoms with Crippen molar-refractivity contribution >= 4 is 0 Å². The molecule has 4 aromatic rings. The Morgan fingerprint density at radius 1 is 0.553 bits per heavy atom. The van der Waals surface area contributed by atoms with Crippen LogP contribution in [0.3, 0.4) is 0 Å². The summed E-state index contributed by atoms with van der Waals surface area (Å²) in [6, 6.07) is 26.4. The number of hydrogen-bond donors (Lipinski definition) is 0. The first-order valence-corrected chi connectivity index (χ1v) is 12.7. The van der Waals surface area contributed by atoms with Crippen LogP contribution in [0.25, 0.3) is 0 Å². The molecular formula is C32H32O6. The molecule has 38 heavy (non-hydrogen) atoms. The number of benzene rings is 4. The Labute approximate surface area is 223 Å². The molecule has 196 valence electrons. The van der Waals surface area contributed by atoms with Crippen LogP contribution in [0, 0.1) is 0 Å². The summed E-state index contributed by atoms with van der Waals surface area (Å²) < 4.78 is 34.0. The largest absolute Gasteiger partial charge is 0.497 e. The number of hydrogen-bond acceptors (Lipinski definition) is 6. The van der Waals surface area contributed by atoms with Crippen molar-refractivity contribution < 1.29 is 28.4 Å². The number of ether oxygens (including phenoxy) is 6. The molecule has 0 amide bonds. The second kappa shape index (κ2) is 11.8. The van der Waals surface area contributed by atoms with E-state index in [0.717, 1.165) is 54.2 Å². The molecule has 0 aliphatic carbocycles. The summed E-state index contributed by atoms with van der Waals surface area (Å²) in [7, 11) is 4.96. The van der Waals surface area contributed by atoms with E-state index in [9.17, 15) is 0 Å². The van der Waals surface area contributed by atoms with Crippen LogP contribution in [0.15, 0.2) is 78.9 Å². The van der Waals surface area contributed by atoms with E-state index in [4.69, 9.17) is 28.4 Å². The molecule has 0 radical (unpaired) electrons. The minimum atomic E-state index is 0.275. The van der Waals surface area contributed by atoms with E-state index in [1.807, 2.05) is 48.5 Å². The summed E-state index contributed by atoms with van der Waals surface area (Å²) in [6.07, 6.45) is 3.44. The van der Waals surface area contributed by atoms with Gasteiger partial charge in [0, 0.05) is 0 Å². The van der Waals surface area contributed by atoms with Crippen molar-refractivity contribution in [3.05, 3.63) is 101 Å². The summed E-state index contributed by atoms with van der Waals surface area (Å²) in [4.78, 5) is 0. The summed E-state index contributed by atoms with van der Waals surface area (Å²) in [5.74, 6) is 5.05. The topological polar surface area (TPSA) is 55.4 Å². The van der Waals surface area contributed by atoms with Gasteiger partial charge in [-0.25, -0.2) is 0 Å². The van der Waals surface area contributed by atoms with Crippen LogP contribution >= 0.6 is 0 Å². The zero-order chi connectivity index (χ0) is 26.3. The molecule has 6 nitrogen and oxygen atoms in total. The van der Waals surface area contributed by atoms with Crippen molar-refractivity contribution in [3.8, 4) is 40.2 Å². The van der Waals surface area contributed by atoms with Crippen LogP contribution < -0.4 is 28.4 Å². The summed E-state index contributed by atoms with van der Waals surface area (Å²) in [5.41, 5.74) is 4.69. The Hall–Kier alpha value is -4.32. The summed E-state index contributed by atoms with van der Waals surface area (Å²) >= 11 is 0. The molecule has 1 heterocycles. The van der Waals surface area contributed by atoms with Gasteiger partial charge in [-0.1, -0.05) is 30.3 Å². The highest BCUT2D eigenvalue weighted by Crippen LogP contribution is 2.41. The maximum Gasteiger partial charge on any atom is 0.231 e. The van der Waals surface area contributed by atoms with Gasteiger partial charge in [-0.3, -0.25) is 0 Å². The highest BCUT2D eigenvalue weighted by atomic mass is 16.7. The number of aryl methyl sites for hydroxylation is 4. The van der Waals surface area contributed by atoms with E-state index >= 15 is 0 Å². The van der Waals surface area contributed by atoms with Crippen molar-refractivity contribution in [1.29, 1.82) is 0 Å². The van der Waals surface area contributed by atoms with Crippen LogP contribution in [0.5, 0.6) is 40.2 Å². The lowest BCUT2D eigenvalue weighted by molar-refractivity contribution is 0.174. The molecule has 0 unspecified atom stereocenters. The lowest BCUT2D eigenvalue weighted by Gasteiger charge is -2.16. The predicted molar refractivity (Wildman–Crippen MR) is 146 cm³/mol. The molecule has 0 atom stereocenters. The minimum absolute atomic E-state index is 0.275. The summed E-state index contributed by atoms with van der Waals surface area (Å²) in [5, 5.41) is 0. The van der Waals surface area contributed by atoms with Crippen molar-refractivity contribution in [2.24, 2.45) is 0 Å². The third kappa shape index (κ3) is 5.97. The fourth-order valence-electron chi connectivity index (χ4n) is 4.60. The maximum atomic E-state index is 6.36. The normalized spacial score (nSPS) is 11.8. The monoisotopic (exact) mass is 512 g/mol. The Morgan fingerprint density at radius 2 is 1.18 bits per heavy atom. The first-order valence-electron chi connectivity index (χ1n) is 12.7. The Bertz CT molecular complexity index is 1400. The second-order valence-corrected chi connectivity index (χ2v) is 9.12. The Kier molecular flexibility index (Phi) is 7.88. The van der Waals surface area contributed by atoms with E-state index in [1.165, 1.54) is 16.7 Å². The quantitative estimate of drug-likeness (QED) is 0.220. The first kappa shape index (κ1) is 25.3. The molecule has 4 aromatic carbocycles. The summed E-state index contributed by atoms with van der Waals surface area (Å²) in [6.45, 7) is 0.275. The lowest BCUT2D eigenvalue weighted by atomic mass is 10.0. The third-order valence-corrected chi connectivity index (χ3v) is 6.61. The van der Waals surface area contributed by atoms with E-state index in [2.05, 4.69) is 30.3 Å². The molecule has 1 aliphatic rings. The highest BCUT2D eigenvalue weighted by Gasteiger charge is 2.17. The molecule has 6 heteroatoms. The molecule has 0 spiro atoms. The maximum absolute atomic E-state index is 6.36. The van der Waals surface area contributed by atoms with Gasteiger partial charge in [0.1, 0.15) is 11.5 Å². The molecule has 0 fully saturated rings. The standard InChI is InChI=1S/C32H32O6/c1-33-26-8-4-6-22(16-26)10-11-23-7-5-9-27(17-23)38-31-20-25(19-30(34-2)32(31)35-3)13-12-24-14-15-28-29(18-24)37-21-36-28/h4-9,14-20H,10-13,21H2,1-3H3. The van der Waals surface area contributed by atoms with Crippen molar-refractivity contribution in [2.45, 2.75) is 25.7 Å². The van der Waals surface area contributed by atoms with Gasteiger partial charge in [0.25, 0.3) is 0 Å². The van der Waals surface area contributed by atoms with E-state index in [-0.39, 0.29) is 6.79 Å². The molecule has 0 saturated heterocycles. The molecule has 0 bridgehead atoms. The van der Waals surface area contributed by atoms with Crippen LogP contribution in [-0.2, 0) is 25.7 Å². The Balaban J connectivity index is 1.31. The van der Waals surface area contributed by atoms with E-state index in [1.54, 1.807) is 21.3 Å². The number of rotatable bonds is 11. The smallest absolute Gasteiger partial charge is 0.231 e. The molecule has 5 rings (SSSR count). The van der Waals surface area contributed by atoms with Gasteiger partial charge < -0.3 is 28.4 Å². The van der Waals surface area contributed by atoms with Gasteiger partial charge in [0.15, 0.2) is 23.0 Å². The SMILES string of the molecule is COc1cccc(CCc2cccc(Oc3cc(CCc4ccc5c(c4)OCO5)cc(OC)c3OC)c2)c1. The van der Waals surface area contributed by atoms with Crippen LogP contribution in [0.1, 0.15) is 22.3 Å². The van der Waals surface area contributed by atoms with Gasteiger partial charge >= 0.3 is 0 Å². The molecule has 0 aromatic heterocycles.